The molecular weight excluding hydrogens is 284 g/mol. The van der Waals surface area contributed by atoms with Crippen LogP contribution in [0.5, 0.6) is 0 Å². The number of carbonyl (C=O) groups is 1. The van der Waals surface area contributed by atoms with Crippen LogP contribution in [0.1, 0.15) is 27.5 Å². The Morgan fingerprint density at radius 2 is 1.70 bits per heavy atom. The molecule has 0 aliphatic heterocycles. The molecule has 3 aromatic rings. The van der Waals surface area contributed by atoms with Gasteiger partial charge in [-0.05, 0) is 34.4 Å². The molecule has 2 atom stereocenters. The number of fused-ring (bicyclic) bond motifs is 2. The lowest BCUT2D eigenvalue weighted by Gasteiger charge is -2.18. The first-order chi connectivity index (χ1) is 11.2. The van der Waals surface area contributed by atoms with Crippen molar-refractivity contribution >= 4 is 16.7 Å². The smallest absolute Gasteiger partial charge is 0.252 e. The van der Waals surface area contributed by atoms with Gasteiger partial charge in [-0.1, -0.05) is 60.7 Å². The number of nitrogens with one attached hydrogen (secondary N) is 1. The summed E-state index contributed by atoms with van der Waals surface area (Å²) in [6.45, 7) is 0. The summed E-state index contributed by atoms with van der Waals surface area (Å²) in [6.07, 6.45) is 0.786. The number of rotatable bonds is 2. The van der Waals surface area contributed by atoms with Crippen molar-refractivity contribution in [3.63, 3.8) is 0 Å². The van der Waals surface area contributed by atoms with E-state index in [-0.39, 0.29) is 18.0 Å². The van der Waals surface area contributed by atoms with Gasteiger partial charge >= 0.3 is 0 Å². The van der Waals surface area contributed by atoms with Gasteiger partial charge in [-0.15, -0.1) is 0 Å². The topological polar surface area (TPSA) is 55.1 Å². The van der Waals surface area contributed by atoms with Gasteiger partial charge in [0.25, 0.3) is 5.91 Å². The van der Waals surface area contributed by atoms with Gasteiger partial charge in [0, 0.05) is 5.56 Å². The summed E-state index contributed by atoms with van der Waals surface area (Å²) < 4.78 is 0. The predicted octanol–water partition coefficient (Wildman–Crippen LogP) is 3.19. The van der Waals surface area contributed by atoms with Gasteiger partial charge in [-0.2, -0.15) is 0 Å². The molecule has 1 aliphatic rings. The molecule has 1 aliphatic carbocycles. The van der Waals surface area contributed by atoms with Crippen LogP contribution in [0, 0.1) is 0 Å². The van der Waals surface area contributed by atoms with Crippen LogP contribution in [-0.2, 0) is 6.42 Å². The summed E-state index contributed by atoms with van der Waals surface area (Å²) in [7, 11) is 0. The zero-order valence-corrected chi connectivity index (χ0v) is 12.7. The van der Waals surface area contributed by atoms with Crippen LogP contribution in [0.15, 0.2) is 66.7 Å². The molecule has 0 aromatic heterocycles. The van der Waals surface area contributed by atoms with E-state index in [0.29, 0.717) is 5.56 Å². The van der Waals surface area contributed by atoms with E-state index in [4.69, 9.17) is 5.73 Å². The van der Waals surface area contributed by atoms with Crippen molar-refractivity contribution in [2.75, 3.05) is 0 Å². The molecule has 0 unspecified atom stereocenters. The predicted molar refractivity (Wildman–Crippen MR) is 92.3 cm³/mol. The molecule has 0 radical (unpaired) electrons. The third kappa shape index (κ3) is 2.39. The van der Waals surface area contributed by atoms with Gasteiger partial charge in [0.1, 0.15) is 0 Å². The van der Waals surface area contributed by atoms with Crippen LogP contribution >= 0.6 is 0 Å². The largest absolute Gasteiger partial charge is 0.347 e. The zero-order valence-electron chi connectivity index (χ0n) is 12.7. The minimum absolute atomic E-state index is 0.0566. The van der Waals surface area contributed by atoms with E-state index in [9.17, 15) is 4.79 Å². The summed E-state index contributed by atoms with van der Waals surface area (Å²) in [5, 5.41) is 5.16. The first-order valence-electron chi connectivity index (χ1n) is 7.86. The van der Waals surface area contributed by atoms with E-state index < -0.39 is 0 Å². The maximum absolute atomic E-state index is 12.7. The van der Waals surface area contributed by atoms with Gasteiger partial charge in [-0.3, -0.25) is 4.79 Å². The van der Waals surface area contributed by atoms with Crippen molar-refractivity contribution in [1.29, 1.82) is 0 Å². The Morgan fingerprint density at radius 3 is 2.57 bits per heavy atom. The molecule has 114 valence electrons. The molecule has 3 heteroatoms. The van der Waals surface area contributed by atoms with Crippen LogP contribution < -0.4 is 11.1 Å². The van der Waals surface area contributed by atoms with E-state index in [1.165, 1.54) is 5.56 Å². The monoisotopic (exact) mass is 302 g/mol. The fraction of sp³-hybridized carbons (Fsp3) is 0.150. The summed E-state index contributed by atoms with van der Waals surface area (Å²) >= 11 is 0. The molecule has 0 saturated carbocycles. The second-order valence-electron chi connectivity index (χ2n) is 6.04. The molecular formula is C20H18N2O. The normalized spacial score (nSPS) is 19.5. The van der Waals surface area contributed by atoms with Crippen LogP contribution in [0.2, 0.25) is 0 Å². The van der Waals surface area contributed by atoms with Crippen LogP contribution in [0.4, 0.5) is 0 Å². The molecule has 3 nitrogen and oxygen atoms in total. The SMILES string of the molecule is N[C@@H]1c2ccccc2C[C@H]1NC(=O)c1cccc2ccccc12. The van der Waals surface area contributed by atoms with E-state index >= 15 is 0 Å². The van der Waals surface area contributed by atoms with Crippen molar-refractivity contribution in [2.24, 2.45) is 5.73 Å². The first kappa shape index (κ1) is 14.0. The Hall–Kier alpha value is -2.65. The maximum Gasteiger partial charge on any atom is 0.252 e. The Morgan fingerprint density at radius 1 is 0.957 bits per heavy atom. The molecule has 0 spiro atoms. The molecule has 3 N–H and O–H groups in total. The quantitative estimate of drug-likeness (QED) is 0.764. The number of nitrogens with two attached hydrogens (primary N) is 1. The number of hydrogen-bond donors (Lipinski definition) is 2. The lowest BCUT2D eigenvalue weighted by molar-refractivity contribution is 0.0935. The van der Waals surface area contributed by atoms with Gasteiger partial charge < -0.3 is 11.1 Å². The fourth-order valence-corrected chi connectivity index (χ4v) is 3.44. The van der Waals surface area contributed by atoms with E-state index in [2.05, 4.69) is 11.4 Å². The second kappa shape index (κ2) is 5.52. The summed E-state index contributed by atoms with van der Waals surface area (Å²) in [5.74, 6) is -0.0601. The Bertz CT molecular complexity index is 882. The van der Waals surface area contributed by atoms with Crippen molar-refractivity contribution in [3.8, 4) is 0 Å². The number of hydrogen-bond acceptors (Lipinski definition) is 2. The second-order valence-corrected chi connectivity index (χ2v) is 6.04. The fourth-order valence-electron chi connectivity index (χ4n) is 3.44. The summed E-state index contributed by atoms with van der Waals surface area (Å²) in [4.78, 5) is 12.7. The molecule has 23 heavy (non-hydrogen) atoms. The maximum atomic E-state index is 12.7. The third-order valence-electron chi connectivity index (χ3n) is 4.64. The molecule has 0 fully saturated rings. The molecule has 0 heterocycles. The van der Waals surface area contributed by atoms with E-state index in [1.54, 1.807) is 0 Å². The highest BCUT2D eigenvalue weighted by Gasteiger charge is 2.30. The van der Waals surface area contributed by atoms with Crippen molar-refractivity contribution in [1.82, 2.24) is 5.32 Å². The molecule has 4 rings (SSSR count). The number of carbonyl (C=O) groups excluding carboxylic acids is 1. The molecule has 3 aromatic carbocycles. The summed E-state index contributed by atoms with van der Waals surface area (Å²) in [5.41, 5.74) is 9.38. The van der Waals surface area contributed by atoms with Crippen LogP contribution in [-0.4, -0.2) is 11.9 Å². The Kier molecular flexibility index (Phi) is 3.36. The zero-order chi connectivity index (χ0) is 15.8. The lowest BCUT2D eigenvalue weighted by atomic mass is 10.0. The Labute approximate surface area is 135 Å². The van der Waals surface area contributed by atoms with Gasteiger partial charge in [0.15, 0.2) is 0 Å². The average Bonchev–Trinajstić information content (AvgIpc) is 2.90. The highest BCUT2D eigenvalue weighted by Crippen LogP contribution is 2.29. The highest BCUT2D eigenvalue weighted by molar-refractivity contribution is 6.07. The minimum atomic E-state index is -0.148. The highest BCUT2D eigenvalue weighted by atomic mass is 16.1. The molecule has 0 saturated heterocycles. The van der Waals surface area contributed by atoms with Crippen molar-refractivity contribution in [3.05, 3.63) is 83.4 Å². The number of benzene rings is 3. The molecule has 1 amide bonds. The lowest BCUT2D eigenvalue weighted by Crippen LogP contribution is -2.40. The van der Waals surface area contributed by atoms with E-state index in [0.717, 1.165) is 22.8 Å². The standard InChI is InChI=1S/C20H18N2O/c21-19-16-10-4-2-7-14(16)12-18(19)22-20(23)17-11-5-8-13-6-1-3-9-15(13)17/h1-11,18-19H,12,21H2,(H,22,23)/t18-,19-/m1/s1. The third-order valence-corrected chi connectivity index (χ3v) is 4.64. The first-order valence-corrected chi connectivity index (χ1v) is 7.86. The van der Waals surface area contributed by atoms with E-state index in [1.807, 2.05) is 60.7 Å². The Balaban J connectivity index is 1.61. The van der Waals surface area contributed by atoms with Crippen molar-refractivity contribution in [2.45, 2.75) is 18.5 Å². The average molecular weight is 302 g/mol. The minimum Gasteiger partial charge on any atom is -0.347 e. The number of amides is 1. The summed E-state index contributed by atoms with van der Waals surface area (Å²) in [6, 6.07) is 21.7. The van der Waals surface area contributed by atoms with Crippen LogP contribution in [0.25, 0.3) is 10.8 Å². The van der Waals surface area contributed by atoms with Gasteiger partial charge in [0.2, 0.25) is 0 Å². The van der Waals surface area contributed by atoms with Gasteiger partial charge in [0.05, 0.1) is 12.1 Å². The molecule has 0 bridgehead atoms. The van der Waals surface area contributed by atoms with Gasteiger partial charge in [-0.25, -0.2) is 0 Å². The van der Waals surface area contributed by atoms with Crippen LogP contribution in [0.3, 0.4) is 0 Å². The van der Waals surface area contributed by atoms with Crippen molar-refractivity contribution < 1.29 is 4.79 Å².